The molecule has 0 amide bonds. The normalized spacial score (nSPS) is 12.2. The van der Waals surface area contributed by atoms with Gasteiger partial charge in [-0.3, -0.25) is 4.98 Å². The van der Waals surface area contributed by atoms with E-state index >= 15 is 0 Å². The summed E-state index contributed by atoms with van der Waals surface area (Å²) in [7, 11) is 3.52. The molecule has 1 aromatic heterocycles. The van der Waals surface area contributed by atoms with Crippen molar-refractivity contribution in [1.29, 1.82) is 0 Å². The molecule has 5 heteroatoms. The zero-order valence-electron chi connectivity index (χ0n) is 10.9. The molecule has 4 nitrogen and oxygen atoms in total. The van der Waals surface area contributed by atoms with E-state index in [2.05, 4.69) is 43.3 Å². The lowest BCUT2D eigenvalue weighted by Crippen LogP contribution is -2.21. The Labute approximate surface area is 121 Å². The molecule has 1 aromatic carbocycles. The second-order valence-electron chi connectivity index (χ2n) is 4.13. The maximum absolute atomic E-state index is 5.27. The summed E-state index contributed by atoms with van der Waals surface area (Å²) in [6.07, 6.45) is 4.14. The first kappa shape index (κ1) is 14.0. The van der Waals surface area contributed by atoms with Crippen LogP contribution in [-0.2, 0) is 6.42 Å². The van der Waals surface area contributed by atoms with E-state index in [1.807, 2.05) is 19.2 Å². The quantitative estimate of drug-likeness (QED) is 0.919. The van der Waals surface area contributed by atoms with Gasteiger partial charge in [0, 0.05) is 16.9 Å². The molecule has 2 rings (SSSR count). The molecule has 0 saturated heterocycles. The van der Waals surface area contributed by atoms with Crippen molar-refractivity contribution in [2.75, 3.05) is 14.2 Å². The summed E-state index contributed by atoms with van der Waals surface area (Å²) >= 11 is 3.49. The Morgan fingerprint density at radius 2 is 2.11 bits per heavy atom. The van der Waals surface area contributed by atoms with Crippen LogP contribution in [0.3, 0.4) is 0 Å². The average molecular weight is 322 g/mol. The van der Waals surface area contributed by atoms with Crippen molar-refractivity contribution in [2.24, 2.45) is 0 Å². The predicted molar refractivity (Wildman–Crippen MR) is 78.2 cm³/mol. The van der Waals surface area contributed by atoms with Crippen molar-refractivity contribution in [1.82, 2.24) is 15.3 Å². The van der Waals surface area contributed by atoms with Gasteiger partial charge in [-0.25, -0.2) is 4.98 Å². The molecular formula is C14H16BrN3O. The van der Waals surface area contributed by atoms with Gasteiger partial charge in [0.05, 0.1) is 13.2 Å². The molecule has 1 unspecified atom stereocenters. The molecule has 0 aliphatic carbocycles. The van der Waals surface area contributed by atoms with Crippen LogP contribution in [0.1, 0.15) is 17.3 Å². The second-order valence-corrected chi connectivity index (χ2v) is 5.04. The van der Waals surface area contributed by atoms with Gasteiger partial charge < -0.3 is 10.1 Å². The Morgan fingerprint density at radius 1 is 1.32 bits per heavy atom. The predicted octanol–water partition coefficient (Wildman–Crippen LogP) is 2.75. The second kappa shape index (κ2) is 6.63. The third-order valence-corrected chi connectivity index (χ3v) is 3.39. The fourth-order valence-electron chi connectivity index (χ4n) is 1.97. The molecule has 0 bridgehead atoms. The zero-order valence-corrected chi connectivity index (χ0v) is 12.5. The highest BCUT2D eigenvalue weighted by atomic mass is 79.9. The molecular weight excluding hydrogens is 306 g/mol. The van der Waals surface area contributed by atoms with E-state index in [1.54, 1.807) is 19.5 Å². The van der Waals surface area contributed by atoms with Gasteiger partial charge in [-0.1, -0.05) is 28.1 Å². The van der Waals surface area contributed by atoms with Gasteiger partial charge in [0.25, 0.3) is 0 Å². The van der Waals surface area contributed by atoms with E-state index in [1.165, 1.54) is 5.56 Å². The summed E-state index contributed by atoms with van der Waals surface area (Å²) in [5.41, 5.74) is 2.05. The fourth-order valence-corrected chi connectivity index (χ4v) is 2.41. The zero-order chi connectivity index (χ0) is 13.7. The minimum Gasteiger partial charge on any atom is -0.480 e. The number of methoxy groups -OCH3 is 1. The Morgan fingerprint density at radius 3 is 2.79 bits per heavy atom. The standard InChI is InChI=1S/C14H16BrN3O/c1-16-12(9-10-4-3-5-11(15)8-10)13-14(19-2)18-7-6-17-13/h3-8,12,16H,9H2,1-2H3. The topological polar surface area (TPSA) is 47.0 Å². The summed E-state index contributed by atoms with van der Waals surface area (Å²) in [6.45, 7) is 0. The molecule has 0 aliphatic rings. The van der Waals surface area contributed by atoms with Crippen LogP contribution < -0.4 is 10.1 Å². The van der Waals surface area contributed by atoms with Gasteiger partial charge in [-0.05, 0) is 31.2 Å². The molecule has 2 aromatic rings. The van der Waals surface area contributed by atoms with Crippen molar-refractivity contribution < 1.29 is 4.74 Å². The summed E-state index contributed by atoms with van der Waals surface area (Å²) < 4.78 is 6.34. The maximum Gasteiger partial charge on any atom is 0.237 e. The molecule has 100 valence electrons. The van der Waals surface area contributed by atoms with Crippen molar-refractivity contribution in [3.8, 4) is 5.88 Å². The summed E-state index contributed by atoms with van der Waals surface area (Å²) in [5, 5.41) is 3.26. The molecule has 1 N–H and O–H groups in total. The number of aromatic nitrogens is 2. The van der Waals surface area contributed by atoms with E-state index in [9.17, 15) is 0 Å². The summed E-state index contributed by atoms with van der Waals surface area (Å²) in [5.74, 6) is 0.567. The molecule has 0 saturated carbocycles. The van der Waals surface area contributed by atoms with Crippen LogP contribution in [0, 0.1) is 0 Å². The number of benzene rings is 1. The molecule has 1 heterocycles. The van der Waals surface area contributed by atoms with Crippen molar-refractivity contribution in [3.05, 3.63) is 52.4 Å². The van der Waals surface area contributed by atoms with E-state index in [-0.39, 0.29) is 6.04 Å². The van der Waals surface area contributed by atoms with E-state index in [0.717, 1.165) is 16.6 Å². The first-order valence-electron chi connectivity index (χ1n) is 6.01. The highest BCUT2D eigenvalue weighted by molar-refractivity contribution is 9.10. The van der Waals surface area contributed by atoms with Crippen molar-refractivity contribution in [3.63, 3.8) is 0 Å². The monoisotopic (exact) mass is 321 g/mol. The minimum atomic E-state index is 0.0675. The molecule has 0 spiro atoms. The Hall–Kier alpha value is -1.46. The number of likely N-dealkylation sites (N-methyl/N-ethyl adjacent to an activating group) is 1. The Kier molecular flexibility index (Phi) is 4.87. The van der Waals surface area contributed by atoms with Gasteiger partial charge in [0.15, 0.2) is 0 Å². The largest absolute Gasteiger partial charge is 0.480 e. The number of nitrogens with zero attached hydrogens (tertiary/aromatic N) is 2. The third-order valence-electron chi connectivity index (χ3n) is 2.89. The van der Waals surface area contributed by atoms with E-state index < -0.39 is 0 Å². The third kappa shape index (κ3) is 3.52. The molecule has 19 heavy (non-hydrogen) atoms. The van der Waals surface area contributed by atoms with E-state index in [4.69, 9.17) is 4.74 Å². The van der Waals surface area contributed by atoms with Gasteiger partial charge in [0.1, 0.15) is 5.69 Å². The SMILES string of the molecule is CNC(Cc1cccc(Br)c1)c1nccnc1OC. The van der Waals surface area contributed by atoms with E-state index in [0.29, 0.717) is 5.88 Å². The van der Waals surface area contributed by atoms with Crippen LogP contribution in [0.4, 0.5) is 0 Å². The highest BCUT2D eigenvalue weighted by Gasteiger charge is 2.17. The maximum atomic E-state index is 5.27. The van der Waals surface area contributed by atoms with Gasteiger partial charge >= 0.3 is 0 Å². The lowest BCUT2D eigenvalue weighted by Gasteiger charge is -2.17. The smallest absolute Gasteiger partial charge is 0.237 e. The summed E-state index contributed by atoms with van der Waals surface area (Å²) in [4.78, 5) is 8.57. The average Bonchev–Trinajstić information content (AvgIpc) is 2.45. The fraction of sp³-hybridized carbons (Fsp3) is 0.286. The first-order valence-corrected chi connectivity index (χ1v) is 6.80. The molecule has 0 fully saturated rings. The van der Waals surface area contributed by atoms with Crippen LogP contribution in [0.15, 0.2) is 41.1 Å². The Balaban J connectivity index is 2.25. The summed E-state index contributed by atoms with van der Waals surface area (Å²) in [6, 6.07) is 8.31. The number of hydrogen-bond donors (Lipinski definition) is 1. The Bertz CT molecular complexity index is 548. The number of hydrogen-bond acceptors (Lipinski definition) is 4. The van der Waals surface area contributed by atoms with Crippen LogP contribution in [0.2, 0.25) is 0 Å². The van der Waals surface area contributed by atoms with Crippen molar-refractivity contribution in [2.45, 2.75) is 12.5 Å². The lowest BCUT2D eigenvalue weighted by atomic mass is 10.0. The minimum absolute atomic E-state index is 0.0675. The van der Waals surface area contributed by atoms with Crippen LogP contribution >= 0.6 is 15.9 Å². The van der Waals surface area contributed by atoms with Gasteiger partial charge in [-0.2, -0.15) is 0 Å². The molecule has 1 atom stereocenters. The molecule has 0 aliphatic heterocycles. The number of nitrogens with one attached hydrogen (secondary N) is 1. The number of ether oxygens (including phenoxy) is 1. The van der Waals surface area contributed by atoms with Crippen LogP contribution in [0.25, 0.3) is 0 Å². The number of halogens is 1. The first-order chi connectivity index (χ1) is 9.24. The van der Waals surface area contributed by atoms with Gasteiger partial charge in [0.2, 0.25) is 5.88 Å². The number of rotatable bonds is 5. The lowest BCUT2D eigenvalue weighted by molar-refractivity contribution is 0.379. The van der Waals surface area contributed by atoms with Crippen molar-refractivity contribution >= 4 is 15.9 Å². The molecule has 0 radical (unpaired) electrons. The van der Waals surface area contributed by atoms with Gasteiger partial charge in [-0.15, -0.1) is 0 Å². The highest BCUT2D eigenvalue weighted by Crippen LogP contribution is 2.24. The van der Waals surface area contributed by atoms with Crippen LogP contribution in [0.5, 0.6) is 5.88 Å². The van der Waals surface area contributed by atoms with Crippen LogP contribution in [-0.4, -0.2) is 24.1 Å².